The summed E-state index contributed by atoms with van der Waals surface area (Å²) in [6.45, 7) is 7.10. The van der Waals surface area contributed by atoms with Crippen LogP contribution in [-0.4, -0.2) is 56.1 Å². The van der Waals surface area contributed by atoms with Crippen LogP contribution in [0.4, 0.5) is 5.69 Å². The minimum Gasteiger partial charge on any atom is -0.493 e. The Kier molecular flexibility index (Phi) is 8.34. The van der Waals surface area contributed by atoms with Crippen molar-refractivity contribution in [3.05, 3.63) is 59.7 Å². The molecule has 1 fully saturated rings. The summed E-state index contributed by atoms with van der Waals surface area (Å²) in [5, 5.41) is 3.53. The number of para-hydroxylation sites is 2. The van der Waals surface area contributed by atoms with Crippen molar-refractivity contribution in [3.8, 4) is 5.75 Å². The molecule has 2 unspecified atom stereocenters. The summed E-state index contributed by atoms with van der Waals surface area (Å²) in [7, 11) is 0. The molecule has 2 aromatic carbocycles. The summed E-state index contributed by atoms with van der Waals surface area (Å²) >= 11 is 0. The highest BCUT2D eigenvalue weighted by Gasteiger charge is 2.32. The van der Waals surface area contributed by atoms with E-state index in [0.717, 1.165) is 70.3 Å². The van der Waals surface area contributed by atoms with Crippen LogP contribution in [0, 0.1) is 0 Å². The molecule has 1 N–H and O–H groups in total. The molecule has 0 spiro atoms. The van der Waals surface area contributed by atoms with Gasteiger partial charge in [-0.2, -0.15) is 0 Å². The smallest absolute Gasteiger partial charge is 0.222 e. The van der Waals surface area contributed by atoms with Gasteiger partial charge in [-0.25, -0.2) is 0 Å². The Hall–Kier alpha value is -2.29. The normalized spacial score (nSPS) is 21.6. The first-order chi connectivity index (χ1) is 16.2. The van der Waals surface area contributed by atoms with Crippen LogP contribution in [0.5, 0.6) is 5.75 Å². The topological polar surface area (TPSA) is 57.2 Å². The molecule has 182 valence electrons. The van der Waals surface area contributed by atoms with E-state index in [0.29, 0.717) is 24.2 Å². The molecule has 3 aliphatic heterocycles. The molecule has 2 atom stereocenters. The first-order valence-electron chi connectivity index (χ1n) is 12.4. The number of benzene rings is 2. The fourth-order valence-corrected chi connectivity index (χ4v) is 5.39. The number of hydrogen-bond donors (Lipinski definition) is 1. The van der Waals surface area contributed by atoms with Crippen molar-refractivity contribution in [1.29, 1.82) is 0 Å². The van der Waals surface area contributed by atoms with E-state index >= 15 is 0 Å². The number of anilines is 1. The third-order valence-corrected chi connectivity index (χ3v) is 7.12. The van der Waals surface area contributed by atoms with E-state index in [1.807, 2.05) is 11.0 Å². The molecule has 34 heavy (non-hydrogen) atoms. The van der Waals surface area contributed by atoms with E-state index in [2.05, 4.69) is 59.6 Å². The summed E-state index contributed by atoms with van der Waals surface area (Å²) in [6, 6.07) is 17.0. The Balaban J connectivity index is 0.00000274. The zero-order chi connectivity index (χ0) is 22.6. The highest BCUT2D eigenvalue weighted by Crippen LogP contribution is 2.39. The Morgan fingerprint density at radius 1 is 1.12 bits per heavy atom. The van der Waals surface area contributed by atoms with Gasteiger partial charge in [-0.1, -0.05) is 36.4 Å². The van der Waals surface area contributed by atoms with Crippen LogP contribution >= 0.6 is 24.0 Å². The Morgan fingerprint density at radius 3 is 2.71 bits per heavy atom. The maximum absolute atomic E-state index is 12.1. The number of amides is 1. The van der Waals surface area contributed by atoms with Crippen molar-refractivity contribution in [2.24, 2.45) is 4.99 Å². The molecule has 0 saturated carbocycles. The molecular weight excluding hydrogens is 539 g/mol. The molecule has 3 aliphatic rings. The van der Waals surface area contributed by atoms with E-state index in [1.165, 1.54) is 16.8 Å². The van der Waals surface area contributed by atoms with E-state index < -0.39 is 0 Å². The van der Waals surface area contributed by atoms with Gasteiger partial charge >= 0.3 is 0 Å². The number of rotatable bonds is 6. The largest absolute Gasteiger partial charge is 0.493 e. The quantitative estimate of drug-likeness (QED) is 0.308. The van der Waals surface area contributed by atoms with E-state index in [4.69, 9.17) is 9.73 Å². The number of nitrogens with one attached hydrogen (secondary N) is 1. The number of aliphatic imine (C=N–C) groups is 1. The number of carbonyl (C=O) groups is 1. The van der Waals surface area contributed by atoms with Crippen molar-refractivity contribution < 1.29 is 9.53 Å². The third-order valence-electron chi connectivity index (χ3n) is 7.12. The second-order valence-corrected chi connectivity index (χ2v) is 9.21. The summed E-state index contributed by atoms with van der Waals surface area (Å²) < 4.78 is 5.84. The minimum atomic E-state index is 0. The summed E-state index contributed by atoms with van der Waals surface area (Å²) in [4.78, 5) is 21.6. The lowest BCUT2D eigenvalue weighted by Crippen LogP contribution is -2.41. The lowest BCUT2D eigenvalue weighted by Gasteiger charge is -2.27. The third kappa shape index (κ3) is 5.19. The molecule has 0 aromatic heterocycles. The van der Waals surface area contributed by atoms with Crippen LogP contribution in [0.3, 0.4) is 0 Å². The minimum absolute atomic E-state index is 0. The van der Waals surface area contributed by atoms with Gasteiger partial charge in [0.1, 0.15) is 5.75 Å². The molecule has 0 bridgehead atoms. The van der Waals surface area contributed by atoms with Crippen molar-refractivity contribution in [1.82, 2.24) is 10.2 Å². The molecule has 0 radical (unpaired) electrons. The second kappa shape index (κ2) is 11.4. The zero-order valence-corrected chi connectivity index (χ0v) is 22.2. The van der Waals surface area contributed by atoms with Crippen molar-refractivity contribution in [3.63, 3.8) is 0 Å². The van der Waals surface area contributed by atoms with Crippen molar-refractivity contribution in [2.45, 2.75) is 44.4 Å². The van der Waals surface area contributed by atoms with Gasteiger partial charge in [0.2, 0.25) is 5.91 Å². The number of hydrogen-bond acceptors (Lipinski definition) is 3. The van der Waals surface area contributed by atoms with E-state index in [9.17, 15) is 4.79 Å². The van der Waals surface area contributed by atoms with E-state index in [-0.39, 0.29) is 24.0 Å². The Morgan fingerprint density at radius 2 is 1.91 bits per heavy atom. The maximum Gasteiger partial charge on any atom is 0.222 e. The first kappa shape index (κ1) is 24.8. The number of guanidine groups is 1. The Labute approximate surface area is 219 Å². The zero-order valence-electron chi connectivity index (χ0n) is 19.9. The molecular formula is C27H35IN4O2. The predicted octanol–water partition coefficient (Wildman–Crippen LogP) is 4.75. The first-order valence-corrected chi connectivity index (χ1v) is 12.4. The number of ether oxygens (including phenoxy) is 1. The van der Waals surface area contributed by atoms with Gasteiger partial charge in [0, 0.05) is 56.7 Å². The fraction of sp³-hybridized carbons (Fsp3) is 0.481. The molecule has 1 amide bonds. The van der Waals surface area contributed by atoms with Gasteiger partial charge in [0.05, 0.1) is 6.61 Å². The standard InChI is InChI=1S/C27H34N4O2.HI/c1-2-28-27(29-18-20-14-17-33-25-11-6-4-9-23(20)25)31-19-21(22-8-3-5-10-24(22)31)13-16-30-15-7-12-26(30)32;/h3-6,8-11,20-21H,2,7,12-19H2,1H3,(H,28,29);1H. The predicted molar refractivity (Wildman–Crippen MR) is 148 cm³/mol. The molecule has 7 heteroatoms. The second-order valence-electron chi connectivity index (χ2n) is 9.21. The lowest BCUT2D eigenvalue weighted by atomic mass is 9.93. The number of carbonyl (C=O) groups excluding carboxylic acids is 1. The summed E-state index contributed by atoms with van der Waals surface area (Å²) in [5.41, 5.74) is 3.87. The van der Waals surface area contributed by atoms with E-state index in [1.54, 1.807) is 0 Å². The summed E-state index contributed by atoms with van der Waals surface area (Å²) in [6.07, 6.45) is 3.69. The van der Waals surface area contributed by atoms with Gasteiger partial charge in [0.25, 0.3) is 0 Å². The molecule has 6 nitrogen and oxygen atoms in total. The lowest BCUT2D eigenvalue weighted by molar-refractivity contribution is -0.127. The van der Waals surface area contributed by atoms with Crippen LogP contribution in [0.25, 0.3) is 0 Å². The SMILES string of the molecule is CCNC(=NCC1CCOc2ccccc21)N1CC(CCN2CCCC2=O)c2ccccc21.I. The van der Waals surface area contributed by atoms with Crippen LogP contribution < -0.4 is 15.0 Å². The fourth-order valence-electron chi connectivity index (χ4n) is 5.39. The van der Waals surface area contributed by atoms with Crippen LogP contribution in [0.2, 0.25) is 0 Å². The van der Waals surface area contributed by atoms with Crippen LogP contribution in [0.15, 0.2) is 53.5 Å². The van der Waals surface area contributed by atoms with Gasteiger partial charge in [-0.3, -0.25) is 9.79 Å². The number of nitrogens with zero attached hydrogens (tertiary/aromatic N) is 3. The molecule has 3 heterocycles. The molecule has 2 aromatic rings. The van der Waals surface area contributed by atoms with Gasteiger partial charge in [-0.05, 0) is 49.4 Å². The maximum atomic E-state index is 12.1. The van der Waals surface area contributed by atoms with Gasteiger partial charge in [0.15, 0.2) is 5.96 Å². The average molecular weight is 575 g/mol. The van der Waals surface area contributed by atoms with Gasteiger partial charge < -0.3 is 19.9 Å². The summed E-state index contributed by atoms with van der Waals surface area (Å²) in [5.74, 6) is 3.04. The highest BCUT2D eigenvalue weighted by atomic mass is 127. The number of fused-ring (bicyclic) bond motifs is 2. The average Bonchev–Trinajstić information content (AvgIpc) is 3.43. The molecule has 5 rings (SSSR count). The molecule has 1 saturated heterocycles. The highest BCUT2D eigenvalue weighted by molar-refractivity contribution is 14.0. The van der Waals surface area contributed by atoms with Crippen molar-refractivity contribution >= 4 is 41.5 Å². The van der Waals surface area contributed by atoms with Crippen LogP contribution in [0.1, 0.15) is 55.6 Å². The molecule has 0 aliphatic carbocycles. The van der Waals surface area contributed by atoms with Gasteiger partial charge in [-0.15, -0.1) is 24.0 Å². The monoisotopic (exact) mass is 574 g/mol. The number of likely N-dealkylation sites (tertiary alicyclic amines) is 1. The number of halogens is 1. The van der Waals surface area contributed by atoms with Crippen molar-refractivity contribution in [2.75, 3.05) is 44.2 Å². The van der Waals surface area contributed by atoms with Crippen LogP contribution in [-0.2, 0) is 4.79 Å². The Bertz CT molecular complexity index is 1030.